The van der Waals surface area contributed by atoms with Crippen molar-refractivity contribution in [1.82, 2.24) is 5.32 Å². The Hall–Kier alpha value is -0.460. The molecule has 0 saturated heterocycles. The lowest BCUT2D eigenvalue weighted by Gasteiger charge is -2.20. The fourth-order valence-electron chi connectivity index (χ4n) is 0.869. The number of amidine groups is 1. The van der Waals surface area contributed by atoms with Crippen LogP contribution < -0.4 is 11.1 Å². The van der Waals surface area contributed by atoms with Gasteiger partial charge in [0.1, 0.15) is 0 Å². The molecule has 0 spiro atoms. The summed E-state index contributed by atoms with van der Waals surface area (Å²) >= 11 is 1.58. The Morgan fingerprint density at radius 1 is 1.69 bits per heavy atom. The Morgan fingerprint density at radius 2 is 2.31 bits per heavy atom. The molecule has 13 heavy (non-hydrogen) atoms. The van der Waals surface area contributed by atoms with Crippen LogP contribution in [0.15, 0.2) is 5.16 Å². The van der Waals surface area contributed by atoms with Gasteiger partial charge in [0, 0.05) is 11.3 Å². The molecular formula is C7H17N3O2S. The van der Waals surface area contributed by atoms with Crippen molar-refractivity contribution in [3.63, 3.8) is 0 Å². The van der Waals surface area contributed by atoms with E-state index in [4.69, 9.17) is 16.0 Å². The lowest BCUT2D eigenvalue weighted by molar-refractivity contribution is 0.277. The van der Waals surface area contributed by atoms with Gasteiger partial charge < -0.3 is 21.4 Å². The molecule has 5 N–H and O–H groups in total. The quantitative estimate of drug-likeness (QED) is 0.203. The molecule has 0 aromatic carbocycles. The van der Waals surface area contributed by atoms with E-state index in [0.717, 1.165) is 0 Å². The molecule has 0 rings (SSSR count). The number of aliphatic hydroxyl groups excluding tert-OH is 1. The Balaban J connectivity index is 3.78. The molecule has 5 nitrogen and oxygen atoms in total. The van der Waals surface area contributed by atoms with Crippen LogP contribution in [0.5, 0.6) is 0 Å². The number of aliphatic hydroxyl groups is 1. The summed E-state index contributed by atoms with van der Waals surface area (Å²) in [5, 5.41) is 23.2. The summed E-state index contributed by atoms with van der Waals surface area (Å²) in [6.45, 7) is 2.39. The summed E-state index contributed by atoms with van der Waals surface area (Å²) in [6.07, 6.45) is 1.93. The number of thioether (sulfide) groups is 1. The van der Waals surface area contributed by atoms with Crippen molar-refractivity contribution in [2.75, 3.05) is 19.4 Å². The Kier molecular flexibility index (Phi) is 6.75. The minimum Gasteiger partial charge on any atom is -0.409 e. The minimum absolute atomic E-state index is 0.117. The monoisotopic (exact) mass is 207 g/mol. The molecule has 0 radical (unpaired) electrons. The number of nitrogens with one attached hydrogen (secondary N) is 1. The number of nitrogens with zero attached hydrogens (tertiary/aromatic N) is 1. The van der Waals surface area contributed by atoms with E-state index in [1.165, 1.54) is 0 Å². The van der Waals surface area contributed by atoms with Crippen molar-refractivity contribution < 1.29 is 10.3 Å². The van der Waals surface area contributed by atoms with Crippen LogP contribution in [0.3, 0.4) is 0 Å². The number of nitrogens with two attached hydrogens (primary N) is 1. The molecule has 0 bridgehead atoms. The molecule has 0 aliphatic heterocycles. The molecule has 0 aliphatic rings. The van der Waals surface area contributed by atoms with Gasteiger partial charge in [-0.25, -0.2) is 0 Å². The molecule has 2 unspecified atom stereocenters. The van der Waals surface area contributed by atoms with E-state index in [1.807, 2.05) is 13.2 Å². The summed E-state index contributed by atoms with van der Waals surface area (Å²) in [7, 11) is 0. The van der Waals surface area contributed by atoms with Crippen LogP contribution in [0.25, 0.3) is 0 Å². The molecule has 0 aliphatic carbocycles. The lowest BCUT2D eigenvalue weighted by Crippen LogP contribution is -2.42. The second-order valence-electron chi connectivity index (χ2n) is 2.72. The molecular weight excluding hydrogens is 190 g/mol. The normalized spacial score (nSPS) is 17.0. The van der Waals surface area contributed by atoms with E-state index in [0.29, 0.717) is 6.54 Å². The zero-order valence-electron chi connectivity index (χ0n) is 7.90. The fourth-order valence-corrected chi connectivity index (χ4v) is 1.52. The highest BCUT2D eigenvalue weighted by molar-refractivity contribution is 7.99. The third-order valence-corrected chi connectivity index (χ3v) is 2.94. The average Bonchev–Trinajstić information content (AvgIpc) is 2.16. The number of oxime groups is 1. The summed E-state index contributed by atoms with van der Waals surface area (Å²) in [6, 6.07) is 0.125. The van der Waals surface area contributed by atoms with Gasteiger partial charge in [0.25, 0.3) is 0 Å². The van der Waals surface area contributed by atoms with Crippen LogP contribution in [-0.4, -0.2) is 46.8 Å². The molecule has 0 aromatic rings. The van der Waals surface area contributed by atoms with Gasteiger partial charge in [0.15, 0.2) is 5.84 Å². The molecule has 78 valence electrons. The largest absolute Gasteiger partial charge is 0.409 e. The number of rotatable bonds is 6. The predicted molar refractivity (Wildman–Crippen MR) is 55.3 cm³/mol. The molecule has 0 heterocycles. The maximum atomic E-state index is 8.95. The van der Waals surface area contributed by atoms with Crippen molar-refractivity contribution in [2.24, 2.45) is 10.9 Å². The van der Waals surface area contributed by atoms with E-state index < -0.39 is 0 Å². The summed E-state index contributed by atoms with van der Waals surface area (Å²) < 4.78 is 0. The van der Waals surface area contributed by atoms with Gasteiger partial charge in [-0.05, 0) is 13.2 Å². The third-order valence-electron chi connectivity index (χ3n) is 1.77. The third kappa shape index (κ3) is 4.97. The van der Waals surface area contributed by atoms with E-state index in [2.05, 4.69) is 10.5 Å². The number of hydrogen-bond donors (Lipinski definition) is 4. The van der Waals surface area contributed by atoms with Crippen LogP contribution in [0, 0.1) is 0 Å². The highest BCUT2D eigenvalue weighted by Gasteiger charge is 2.14. The highest BCUT2D eigenvalue weighted by atomic mass is 32.2. The predicted octanol–water partition coefficient (Wildman–Crippen LogP) is -0.565. The van der Waals surface area contributed by atoms with Gasteiger partial charge in [0.2, 0.25) is 0 Å². The van der Waals surface area contributed by atoms with Gasteiger partial charge in [-0.15, -0.1) is 0 Å². The summed E-state index contributed by atoms with van der Waals surface area (Å²) in [5.41, 5.74) is 5.27. The van der Waals surface area contributed by atoms with Crippen molar-refractivity contribution in [1.29, 1.82) is 0 Å². The lowest BCUT2D eigenvalue weighted by atomic mass is 10.2. The van der Waals surface area contributed by atoms with Crippen LogP contribution >= 0.6 is 11.8 Å². The van der Waals surface area contributed by atoms with E-state index in [1.54, 1.807) is 11.8 Å². The molecule has 0 aromatic heterocycles. The zero-order chi connectivity index (χ0) is 10.3. The summed E-state index contributed by atoms with van der Waals surface area (Å²) in [5.74, 6) is 0.143. The van der Waals surface area contributed by atoms with Crippen molar-refractivity contribution in [3.05, 3.63) is 0 Å². The molecule has 0 amide bonds. The SMILES string of the molecule is CSC(CO)C(C)NCC(N)=NO. The van der Waals surface area contributed by atoms with Gasteiger partial charge in [-0.2, -0.15) is 11.8 Å². The Morgan fingerprint density at radius 3 is 2.69 bits per heavy atom. The first-order valence-electron chi connectivity index (χ1n) is 3.99. The first kappa shape index (κ1) is 12.5. The number of hydrogen-bond acceptors (Lipinski definition) is 5. The maximum Gasteiger partial charge on any atom is 0.153 e. The van der Waals surface area contributed by atoms with E-state index in [-0.39, 0.29) is 23.7 Å². The van der Waals surface area contributed by atoms with Gasteiger partial charge in [-0.3, -0.25) is 0 Å². The second kappa shape index (κ2) is 6.99. The van der Waals surface area contributed by atoms with Crippen molar-refractivity contribution in [2.45, 2.75) is 18.2 Å². The standard InChI is InChI=1S/C7H17N3O2S/c1-5(6(4-11)13-2)9-3-7(8)10-12/h5-6,9,11-12H,3-4H2,1-2H3,(H2,8,10). The minimum atomic E-state index is 0.117. The Bertz CT molecular complexity index is 162. The van der Waals surface area contributed by atoms with Crippen LogP contribution in [0.4, 0.5) is 0 Å². The maximum absolute atomic E-state index is 8.95. The zero-order valence-corrected chi connectivity index (χ0v) is 8.71. The van der Waals surface area contributed by atoms with E-state index in [9.17, 15) is 0 Å². The first-order valence-corrected chi connectivity index (χ1v) is 5.28. The van der Waals surface area contributed by atoms with Crippen LogP contribution in [0.2, 0.25) is 0 Å². The smallest absolute Gasteiger partial charge is 0.153 e. The fraction of sp³-hybridized carbons (Fsp3) is 0.857. The molecule has 0 fully saturated rings. The van der Waals surface area contributed by atoms with Gasteiger partial charge >= 0.3 is 0 Å². The van der Waals surface area contributed by atoms with Gasteiger partial charge in [-0.1, -0.05) is 5.16 Å². The average molecular weight is 207 g/mol. The van der Waals surface area contributed by atoms with Crippen LogP contribution in [-0.2, 0) is 0 Å². The molecule has 0 saturated carbocycles. The highest BCUT2D eigenvalue weighted by Crippen LogP contribution is 2.09. The van der Waals surface area contributed by atoms with Crippen LogP contribution in [0.1, 0.15) is 6.92 Å². The molecule has 2 atom stereocenters. The van der Waals surface area contributed by atoms with Crippen molar-refractivity contribution in [3.8, 4) is 0 Å². The first-order chi connectivity index (χ1) is 6.15. The second-order valence-corrected chi connectivity index (χ2v) is 3.79. The topological polar surface area (TPSA) is 90.9 Å². The molecule has 6 heteroatoms. The van der Waals surface area contributed by atoms with E-state index >= 15 is 0 Å². The van der Waals surface area contributed by atoms with Gasteiger partial charge in [0.05, 0.1) is 13.2 Å². The Labute approximate surface area is 82.4 Å². The van der Waals surface area contributed by atoms with Crippen molar-refractivity contribution >= 4 is 17.6 Å². The summed E-state index contributed by atoms with van der Waals surface area (Å²) in [4.78, 5) is 0.